The van der Waals surface area contributed by atoms with Crippen LogP contribution in [0, 0.1) is 5.82 Å². The van der Waals surface area contributed by atoms with Crippen LogP contribution in [-0.4, -0.2) is 31.3 Å². The maximum absolute atomic E-state index is 13.4. The highest BCUT2D eigenvalue weighted by Gasteiger charge is 2.11. The van der Waals surface area contributed by atoms with E-state index in [1.807, 2.05) is 0 Å². The van der Waals surface area contributed by atoms with Crippen molar-refractivity contribution in [3.63, 3.8) is 0 Å². The van der Waals surface area contributed by atoms with Gasteiger partial charge < -0.3 is 15.2 Å². The molecular weight excluding hydrogens is 213 g/mol. The minimum Gasteiger partial charge on any atom is -0.465 e. The first-order valence-corrected chi connectivity index (χ1v) is 4.87. The Kier molecular flexibility index (Phi) is 4.88. The number of halogens is 1. The quantitative estimate of drug-likeness (QED) is 0.574. The normalized spacial score (nSPS) is 10.2. The van der Waals surface area contributed by atoms with Gasteiger partial charge in [0.2, 0.25) is 0 Å². The van der Waals surface area contributed by atoms with Crippen molar-refractivity contribution < 1.29 is 19.0 Å². The van der Waals surface area contributed by atoms with Crippen LogP contribution in [0.2, 0.25) is 0 Å². The molecule has 0 aliphatic carbocycles. The van der Waals surface area contributed by atoms with E-state index in [0.717, 1.165) is 0 Å². The van der Waals surface area contributed by atoms with Crippen molar-refractivity contribution in [3.8, 4) is 0 Å². The van der Waals surface area contributed by atoms with Crippen LogP contribution >= 0.6 is 0 Å². The molecule has 2 N–H and O–H groups in total. The summed E-state index contributed by atoms with van der Waals surface area (Å²) >= 11 is 0. The van der Waals surface area contributed by atoms with Gasteiger partial charge in [-0.05, 0) is 17.7 Å². The summed E-state index contributed by atoms with van der Waals surface area (Å²) in [5, 5.41) is 11.5. The maximum Gasteiger partial charge on any atom is 0.340 e. The minimum atomic E-state index is -0.688. The second-order valence-corrected chi connectivity index (χ2v) is 3.21. The highest BCUT2D eigenvalue weighted by Crippen LogP contribution is 2.11. The van der Waals surface area contributed by atoms with Gasteiger partial charge >= 0.3 is 5.97 Å². The van der Waals surface area contributed by atoms with E-state index >= 15 is 0 Å². The van der Waals surface area contributed by atoms with E-state index in [9.17, 15) is 9.18 Å². The van der Waals surface area contributed by atoms with Crippen molar-refractivity contribution >= 4 is 5.97 Å². The number of carbonyl (C=O) groups excluding carboxylic acids is 1. The number of rotatable bonds is 5. The van der Waals surface area contributed by atoms with Crippen LogP contribution in [0.25, 0.3) is 0 Å². The molecule has 0 amide bonds. The zero-order valence-corrected chi connectivity index (χ0v) is 9.00. The average Bonchev–Trinajstić information content (AvgIpc) is 2.29. The van der Waals surface area contributed by atoms with Crippen molar-refractivity contribution in [1.29, 1.82) is 0 Å². The highest BCUT2D eigenvalue weighted by molar-refractivity contribution is 5.89. The Morgan fingerprint density at radius 3 is 2.88 bits per heavy atom. The van der Waals surface area contributed by atoms with E-state index in [0.29, 0.717) is 18.7 Å². The van der Waals surface area contributed by atoms with Gasteiger partial charge in [-0.3, -0.25) is 0 Å². The van der Waals surface area contributed by atoms with Gasteiger partial charge in [0.25, 0.3) is 0 Å². The van der Waals surface area contributed by atoms with Gasteiger partial charge in [0, 0.05) is 13.1 Å². The first kappa shape index (κ1) is 12.6. The Morgan fingerprint density at radius 1 is 1.56 bits per heavy atom. The zero-order chi connectivity index (χ0) is 12.0. The number of aliphatic hydroxyl groups excluding tert-OH is 1. The zero-order valence-electron chi connectivity index (χ0n) is 9.00. The Labute approximate surface area is 93.0 Å². The Balaban J connectivity index is 2.71. The largest absolute Gasteiger partial charge is 0.465 e. The topological polar surface area (TPSA) is 58.6 Å². The maximum atomic E-state index is 13.4. The summed E-state index contributed by atoms with van der Waals surface area (Å²) in [5.74, 6) is -1.29. The molecule has 0 bridgehead atoms. The fourth-order valence-corrected chi connectivity index (χ4v) is 1.26. The third-order valence-corrected chi connectivity index (χ3v) is 2.06. The summed E-state index contributed by atoms with van der Waals surface area (Å²) in [7, 11) is 1.21. The van der Waals surface area contributed by atoms with E-state index in [1.54, 1.807) is 6.07 Å². The van der Waals surface area contributed by atoms with E-state index in [1.165, 1.54) is 19.2 Å². The summed E-state index contributed by atoms with van der Waals surface area (Å²) in [6.07, 6.45) is 0. The fraction of sp³-hybridized carbons (Fsp3) is 0.364. The standard InChI is InChI=1S/C11H14FNO3/c1-16-11(15)9-3-2-8(6-10(9)12)7-13-4-5-14/h2-3,6,13-14H,4-5,7H2,1H3. The molecule has 1 aromatic rings. The lowest BCUT2D eigenvalue weighted by atomic mass is 10.1. The number of aliphatic hydroxyl groups is 1. The number of hydrogen-bond acceptors (Lipinski definition) is 4. The summed E-state index contributed by atoms with van der Waals surface area (Å²) in [5.41, 5.74) is 0.631. The molecule has 4 nitrogen and oxygen atoms in total. The average molecular weight is 227 g/mol. The molecule has 1 aromatic carbocycles. The monoisotopic (exact) mass is 227 g/mol. The van der Waals surface area contributed by atoms with Crippen LogP contribution in [0.4, 0.5) is 4.39 Å². The number of benzene rings is 1. The third-order valence-electron chi connectivity index (χ3n) is 2.06. The van der Waals surface area contributed by atoms with Gasteiger partial charge in [-0.15, -0.1) is 0 Å². The molecule has 0 aliphatic heterocycles. The lowest BCUT2D eigenvalue weighted by molar-refractivity contribution is 0.0595. The number of hydrogen-bond donors (Lipinski definition) is 2. The molecule has 5 heteroatoms. The predicted octanol–water partition coefficient (Wildman–Crippen LogP) is 0.694. The number of methoxy groups -OCH3 is 1. The third kappa shape index (κ3) is 3.29. The smallest absolute Gasteiger partial charge is 0.340 e. The lowest BCUT2D eigenvalue weighted by Gasteiger charge is -2.05. The van der Waals surface area contributed by atoms with Crippen LogP contribution in [0.15, 0.2) is 18.2 Å². The number of nitrogens with one attached hydrogen (secondary N) is 1. The van der Waals surface area contributed by atoms with E-state index in [-0.39, 0.29) is 12.2 Å². The Bertz CT molecular complexity index is 368. The number of esters is 1. The van der Waals surface area contributed by atoms with Gasteiger partial charge in [0.15, 0.2) is 0 Å². The van der Waals surface area contributed by atoms with Gasteiger partial charge in [0.1, 0.15) is 5.82 Å². The van der Waals surface area contributed by atoms with Crippen LogP contribution in [-0.2, 0) is 11.3 Å². The molecule has 16 heavy (non-hydrogen) atoms. The lowest BCUT2D eigenvalue weighted by Crippen LogP contribution is -2.17. The molecule has 0 fully saturated rings. The Morgan fingerprint density at radius 2 is 2.31 bits per heavy atom. The molecule has 0 saturated carbocycles. The first-order chi connectivity index (χ1) is 7.69. The van der Waals surface area contributed by atoms with E-state index in [4.69, 9.17) is 5.11 Å². The van der Waals surface area contributed by atoms with E-state index < -0.39 is 11.8 Å². The van der Waals surface area contributed by atoms with Crippen LogP contribution in [0.5, 0.6) is 0 Å². The summed E-state index contributed by atoms with van der Waals surface area (Å²) in [6.45, 7) is 0.919. The molecule has 88 valence electrons. The molecule has 0 aromatic heterocycles. The summed E-state index contributed by atoms with van der Waals surface area (Å²) < 4.78 is 17.8. The molecule has 0 heterocycles. The molecule has 1 rings (SSSR count). The molecule has 0 aliphatic rings. The predicted molar refractivity (Wildman–Crippen MR) is 56.5 cm³/mol. The second-order valence-electron chi connectivity index (χ2n) is 3.21. The molecule has 0 spiro atoms. The minimum absolute atomic E-state index is 0.0305. The van der Waals surface area contributed by atoms with Crippen molar-refractivity contribution in [1.82, 2.24) is 5.32 Å². The van der Waals surface area contributed by atoms with Crippen molar-refractivity contribution in [2.24, 2.45) is 0 Å². The molecule has 0 atom stereocenters. The number of carbonyl (C=O) groups is 1. The van der Waals surface area contributed by atoms with Crippen LogP contribution in [0.1, 0.15) is 15.9 Å². The van der Waals surface area contributed by atoms with Crippen molar-refractivity contribution in [2.75, 3.05) is 20.3 Å². The van der Waals surface area contributed by atoms with Gasteiger partial charge in [-0.2, -0.15) is 0 Å². The van der Waals surface area contributed by atoms with Crippen molar-refractivity contribution in [3.05, 3.63) is 35.1 Å². The SMILES string of the molecule is COC(=O)c1ccc(CNCCO)cc1F. The van der Waals surface area contributed by atoms with Gasteiger partial charge in [-0.1, -0.05) is 6.07 Å². The van der Waals surface area contributed by atoms with Crippen molar-refractivity contribution in [2.45, 2.75) is 6.54 Å². The molecule has 0 radical (unpaired) electrons. The fourth-order valence-electron chi connectivity index (χ4n) is 1.26. The first-order valence-electron chi connectivity index (χ1n) is 4.87. The molecular formula is C11H14FNO3. The molecule has 0 saturated heterocycles. The summed E-state index contributed by atoms with van der Waals surface area (Å²) in [4.78, 5) is 11.1. The van der Waals surface area contributed by atoms with Crippen LogP contribution in [0.3, 0.4) is 0 Å². The second kappa shape index (κ2) is 6.19. The van der Waals surface area contributed by atoms with Gasteiger partial charge in [-0.25, -0.2) is 9.18 Å². The Hall–Kier alpha value is -1.46. The molecule has 0 unspecified atom stereocenters. The highest BCUT2D eigenvalue weighted by atomic mass is 19.1. The van der Waals surface area contributed by atoms with Crippen LogP contribution < -0.4 is 5.32 Å². The van der Waals surface area contributed by atoms with Gasteiger partial charge in [0.05, 0.1) is 19.3 Å². The summed E-state index contributed by atoms with van der Waals surface area (Å²) in [6, 6.07) is 4.30. The number of ether oxygens (including phenoxy) is 1. The van der Waals surface area contributed by atoms with E-state index in [2.05, 4.69) is 10.1 Å².